The Morgan fingerprint density at radius 3 is 2.79 bits per heavy atom. The van der Waals surface area contributed by atoms with Crippen molar-refractivity contribution in [2.45, 2.75) is 26.6 Å². The number of carbonyl (C=O) groups excluding carboxylic acids is 1. The minimum atomic E-state index is -0.108. The number of aryl methyl sites for hydroxylation is 1. The van der Waals surface area contributed by atoms with Gasteiger partial charge in [0.05, 0.1) is 0 Å². The van der Waals surface area contributed by atoms with Gasteiger partial charge in [-0.05, 0) is 53.2 Å². The van der Waals surface area contributed by atoms with Crippen LogP contribution in [0.3, 0.4) is 0 Å². The highest BCUT2D eigenvalue weighted by Crippen LogP contribution is 2.18. The molecule has 1 aromatic heterocycles. The molecule has 0 aliphatic heterocycles. The maximum absolute atomic E-state index is 13.1. The highest BCUT2D eigenvalue weighted by Gasteiger charge is 2.16. The largest absolute Gasteiger partial charge is 0.486 e. The van der Waals surface area contributed by atoms with Crippen LogP contribution in [0.25, 0.3) is 0 Å². The molecule has 3 aromatic rings. The van der Waals surface area contributed by atoms with Crippen LogP contribution in [0.15, 0.2) is 61.2 Å². The number of aromatic nitrogens is 4. The van der Waals surface area contributed by atoms with E-state index in [1.54, 1.807) is 39.9 Å². The molecule has 0 aliphatic rings. The third-order valence-electron chi connectivity index (χ3n) is 4.28. The number of carbonyl (C=O) groups is 1. The lowest BCUT2D eigenvalue weighted by molar-refractivity contribution is 0.0762. The predicted octanol–water partition coefficient (Wildman–Crippen LogP) is 3.75. The van der Waals surface area contributed by atoms with Crippen molar-refractivity contribution in [1.82, 2.24) is 25.1 Å². The molecule has 150 valence electrons. The van der Waals surface area contributed by atoms with Gasteiger partial charge >= 0.3 is 0 Å². The average molecular weight is 412 g/mol. The number of ether oxygens (including phenoxy) is 1. The summed E-state index contributed by atoms with van der Waals surface area (Å²) in [6, 6.07) is 14.5. The molecule has 29 heavy (non-hydrogen) atoms. The first-order valence-corrected chi connectivity index (χ1v) is 9.61. The number of halogens is 1. The summed E-state index contributed by atoms with van der Waals surface area (Å²) in [4.78, 5) is 14.8. The first-order chi connectivity index (χ1) is 14.1. The Balaban J connectivity index is 1.71. The maximum atomic E-state index is 13.1. The van der Waals surface area contributed by atoms with Crippen molar-refractivity contribution in [3.8, 4) is 5.75 Å². The zero-order chi connectivity index (χ0) is 20.6. The number of hydrogen-bond acceptors (Lipinski definition) is 5. The summed E-state index contributed by atoms with van der Waals surface area (Å²) in [5.41, 5.74) is 1.52. The zero-order valence-corrected chi connectivity index (χ0v) is 16.9. The molecule has 0 spiro atoms. The normalized spacial score (nSPS) is 10.6. The van der Waals surface area contributed by atoms with Gasteiger partial charge in [-0.25, -0.2) is 4.68 Å². The molecular formula is C21H22ClN5O2. The van der Waals surface area contributed by atoms with Gasteiger partial charge in [-0.15, -0.1) is 11.7 Å². The van der Waals surface area contributed by atoms with Gasteiger partial charge in [-0.1, -0.05) is 35.9 Å². The Labute approximate surface area is 174 Å². The number of amides is 1. The van der Waals surface area contributed by atoms with Crippen LogP contribution in [0.4, 0.5) is 0 Å². The third-order valence-corrected chi connectivity index (χ3v) is 4.53. The molecular weight excluding hydrogens is 390 g/mol. The van der Waals surface area contributed by atoms with E-state index in [9.17, 15) is 4.79 Å². The second kappa shape index (κ2) is 9.84. The van der Waals surface area contributed by atoms with E-state index >= 15 is 0 Å². The lowest BCUT2D eigenvalue weighted by Crippen LogP contribution is -2.30. The number of benzene rings is 2. The second-order valence-electron chi connectivity index (χ2n) is 6.33. The van der Waals surface area contributed by atoms with Gasteiger partial charge in [0, 0.05) is 30.2 Å². The molecule has 3 rings (SSSR count). The molecule has 0 radical (unpaired) electrons. The second-order valence-corrected chi connectivity index (χ2v) is 6.76. The number of nitrogens with zero attached hydrogens (tertiary/aromatic N) is 5. The van der Waals surface area contributed by atoms with Crippen LogP contribution < -0.4 is 4.74 Å². The van der Waals surface area contributed by atoms with E-state index in [1.165, 1.54) is 0 Å². The van der Waals surface area contributed by atoms with E-state index < -0.39 is 0 Å². The summed E-state index contributed by atoms with van der Waals surface area (Å²) >= 11 is 5.95. The molecule has 2 aromatic carbocycles. The lowest BCUT2D eigenvalue weighted by Gasteiger charge is -2.21. The van der Waals surface area contributed by atoms with Gasteiger partial charge in [-0.2, -0.15) is 0 Å². The molecule has 0 fully saturated rings. The summed E-state index contributed by atoms with van der Waals surface area (Å²) in [5.74, 6) is 1.09. The Morgan fingerprint density at radius 2 is 2.07 bits per heavy atom. The van der Waals surface area contributed by atoms with Crippen LogP contribution in [-0.4, -0.2) is 37.6 Å². The molecule has 0 N–H and O–H groups in total. The Hall–Kier alpha value is -3.19. The van der Waals surface area contributed by atoms with Gasteiger partial charge in [0.1, 0.15) is 12.4 Å². The first kappa shape index (κ1) is 20.5. The van der Waals surface area contributed by atoms with Crippen molar-refractivity contribution in [3.05, 3.63) is 83.2 Å². The summed E-state index contributed by atoms with van der Waals surface area (Å²) < 4.78 is 7.45. The molecule has 0 atom stereocenters. The van der Waals surface area contributed by atoms with Gasteiger partial charge in [-0.3, -0.25) is 4.79 Å². The van der Waals surface area contributed by atoms with Crippen molar-refractivity contribution < 1.29 is 9.53 Å². The van der Waals surface area contributed by atoms with Crippen LogP contribution in [0.2, 0.25) is 5.02 Å². The molecule has 0 aliphatic carbocycles. The molecule has 7 nitrogen and oxygen atoms in total. The monoisotopic (exact) mass is 411 g/mol. The van der Waals surface area contributed by atoms with Crippen LogP contribution in [0, 0.1) is 0 Å². The summed E-state index contributed by atoms with van der Waals surface area (Å²) in [6.45, 7) is 7.48. The zero-order valence-electron chi connectivity index (χ0n) is 16.2. The molecule has 0 saturated heterocycles. The topological polar surface area (TPSA) is 73.1 Å². The number of hydrogen-bond donors (Lipinski definition) is 0. The highest BCUT2D eigenvalue weighted by molar-refractivity contribution is 6.30. The number of tetrazole rings is 1. The Kier molecular flexibility index (Phi) is 6.97. The van der Waals surface area contributed by atoms with Gasteiger partial charge in [0.15, 0.2) is 5.82 Å². The SMILES string of the molecule is C=CCN(Cc1ccc(Cl)cc1)C(=O)c1cccc(OCc2nnnn2CC)c1. The van der Waals surface area contributed by atoms with Gasteiger partial charge in [0.2, 0.25) is 0 Å². The first-order valence-electron chi connectivity index (χ1n) is 9.23. The fourth-order valence-corrected chi connectivity index (χ4v) is 2.93. The minimum Gasteiger partial charge on any atom is -0.486 e. The van der Waals surface area contributed by atoms with Crippen molar-refractivity contribution in [1.29, 1.82) is 0 Å². The van der Waals surface area contributed by atoms with Crippen LogP contribution in [0.5, 0.6) is 5.75 Å². The average Bonchev–Trinajstić information content (AvgIpc) is 3.21. The van der Waals surface area contributed by atoms with E-state index in [-0.39, 0.29) is 12.5 Å². The van der Waals surface area contributed by atoms with E-state index in [4.69, 9.17) is 16.3 Å². The number of rotatable bonds is 9. The molecule has 1 amide bonds. The summed E-state index contributed by atoms with van der Waals surface area (Å²) in [7, 11) is 0. The minimum absolute atomic E-state index is 0.108. The molecule has 1 heterocycles. The highest BCUT2D eigenvalue weighted by atomic mass is 35.5. The van der Waals surface area contributed by atoms with Crippen molar-refractivity contribution >= 4 is 17.5 Å². The van der Waals surface area contributed by atoms with Crippen LogP contribution >= 0.6 is 11.6 Å². The lowest BCUT2D eigenvalue weighted by atomic mass is 10.1. The Bertz CT molecular complexity index is 971. The smallest absolute Gasteiger partial charge is 0.254 e. The molecule has 0 saturated carbocycles. The van der Waals surface area contributed by atoms with E-state index in [0.29, 0.717) is 41.8 Å². The summed E-state index contributed by atoms with van der Waals surface area (Å²) in [5, 5.41) is 12.1. The van der Waals surface area contributed by atoms with Gasteiger partial charge < -0.3 is 9.64 Å². The summed E-state index contributed by atoms with van der Waals surface area (Å²) in [6.07, 6.45) is 1.71. The van der Waals surface area contributed by atoms with Crippen molar-refractivity contribution in [2.24, 2.45) is 0 Å². The molecule has 0 unspecified atom stereocenters. The van der Waals surface area contributed by atoms with Crippen molar-refractivity contribution in [2.75, 3.05) is 6.54 Å². The van der Waals surface area contributed by atoms with E-state index in [1.807, 2.05) is 31.2 Å². The standard InChI is InChI=1S/C21H22ClN5O2/c1-3-12-26(14-16-8-10-18(22)11-9-16)21(28)17-6-5-7-19(13-17)29-15-20-23-24-25-27(20)4-2/h3,5-11,13H,1,4,12,14-15H2,2H3. The van der Waals surface area contributed by atoms with Crippen LogP contribution in [-0.2, 0) is 19.7 Å². The Morgan fingerprint density at radius 1 is 1.28 bits per heavy atom. The van der Waals surface area contributed by atoms with E-state index in [0.717, 1.165) is 5.56 Å². The fraction of sp³-hybridized carbons (Fsp3) is 0.238. The molecule has 0 bridgehead atoms. The van der Waals surface area contributed by atoms with Crippen LogP contribution in [0.1, 0.15) is 28.7 Å². The molecule has 8 heteroatoms. The van der Waals surface area contributed by atoms with E-state index in [2.05, 4.69) is 22.1 Å². The fourth-order valence-electron chi connectivity index (χ4n) is 2.81. The maximum Gasteiger partial charge on any atom is 0.254 e. The van der Waals surface area contributed by atoms with Crippen molar-refractivity contribution in [3.63, 3.8) is 0 Å². The predicted molar refractivity (Wildman–Crippen MR) is 111 cm³/mol. The third kappa shape index (κ3) is 5.42. The van der Waals surface area contributed by atoms with Gasteiger partial charge in [0.25, 0.3) is 5.91 Å². The quantitative estimate of drug-likeness (QED) is 0.501.